The van der Waals surface area contributed by atoms with E-state index in [1.165, 1.54) is 4.90 Å². The smallest absolute Gasteiger partial charge is 0.335 e. The van der Waals surface area contributed by atoms with Gasteiger partial charge in [-0.2, -0.15) is 0 Å². The molecule has 25 heavy (non-hydrogen) atoms. The molecule has 1 aromatic carbocycles. The summed E-state index contributed by atoms with van der Waals surface area (Å²) in [6, 6.07) is 7.71. The molecule has 1 fully saturated rings. The number of likely N-dealkylation sites (tertiary alicyclic amines) is 1. The van der Waals surface area contributed by atoms with Gasteiger partial charge < -0.3 is 15.1 Å². The highest BCUT2D eigenvalue weighted by atomic mass is 16.4. The molecule has 3 rings (SSSR count). The van der Waals surface area contributed by atoms with Crippen LogP contribution in [0.15, 0.2) is 24.3 Å². The summed E-state index contributed by atoms with van der Waals surface area (Å²) in [4.78, 5) is 25.3. The average Bonchev–Trinajstić information content (AvgIpc) is 2.96. The number of aliphatic carboxylic acids is 1. The zero-order valence-electron chi connectivity index (χ0n) is 14.1. The third-order valence-electron chi connectivity index (χ3n) is 4.62. The Morgan fingerprint density at radius 2 is 1.88 bits per heavy atom. The Labute approximate surface area is 144 Å². The Morgan fingerprint density at radius 3 is 2.48 bits per heavy atom. The molecule has 0 saturated carbocycles. The monoisotopic (exact) mass is 344 g/mol. The molecule has 132 valence electrons. The Hall–Kier alpha value is -2.74. The lowest BCUT2D eigenvalue weighted by Gasteiger charge is -2.35. The number of carbonyl (C=O) groups is 2. The summed E-state index contributed by atoms with van der Waals surface area (Å²) in [5, 5.41) is 27.1. The first kappa shape index (κ1) is 17.1. The summed E-state index contributed by atoms with van der Waals surface area (Å²) in [6.07, 6.45) is -0.00171. The fourth-order valence-corrected chi connectivity index (χ4v) is 2.98. The van der Waals surface area contributed by atoms with Gasteiger partial charge in [-0.15, -0.1) is 5.10 Å². The van der Waals surface area contributed by atoms with E-state index in [0.29, 0.717) is 5.69 Å². The summed E-state index contributed by atoms with van der Waals surface area (Å²) >= 11 is 0. The number of carboxylic acids is 1. The molecule has 1 aromatic heterocycles. The van der Waals surface area contributed by atoms with Crippen LogP contribution in [-0.4, -0.2) is 60.7 Å². The largest absolute Gasteiger partial charge is 0.479 e. The Bertz CT molecular complexity index is 822. The first-order chi connectivity index (χ1) is 11.8. The van der Waals surface area contributed by atoms with Crippen LogP contribution < -0.4 is 0 Å². The van der Waals surface area contributed by atoms with Gasteiger partial charge in [0, 0.05) is 25.9 Å². The van der Waals surface area contributed by atoms with Crippen molar-refractivity contribution in [3.63, 3.8) is 0 Å². The number of carboxylic acid groups (broad SMARTS) is 1. The second-order valence-electron chi connectivity index (χ2n) is 6.40. The maximum absolute atomic E-state index is 12.7. The van der Waals surface area contributed by atoms with Gasteiger partial charge in [0.05, 0.1) is 11.4 Å². The van der Waals surface area contributed by atoms with E-state index in [1.54, 1.807) is 11.6 Å². The van der Waals surface area contributed by atoms with Crippen LogP contribution in [0.4, 0.5) is 0 Å². The molecule has 8 nitrogen and oxygen atoms in total. The van der Waals surface area contributed by atoms with Gasteiger partial charge in [0.25, 0.3) is 5.91 Å². The van der Waals surface area contributed by atoms with Gasteiger partial charge in [0.2, 0.25) is 0 Å². The molecule has 2 N–H and O–H groups in total. The number of piperidine rings is 1. The molecule has 1 saturated heterocycles. The number of benzene rings is 1. The minimum atomic E-state index is -1.76. The second-order valence-corrected chi connectivity index (χ2v) is 6.40. The van der Waals surface area contributed by atoms with Crippen molar-refractivity contribution in [1.29, 1.82) is 0 Å². The average molecular weight is 344 g/mol. The number of aliphatic hydroxyl groups is 1. The number of carbonyl (C=O) groups excluding carboxylic acids is 1. The standard InChI is InChI=1S/C17H20N4O4/c1-11-4-3-5-13(10-11)21-12(2)14(18-19-21)15(22)20-8-6-17(25,7-9-20)16(23)24/h3-5,10,25H,6-9H2,1-2H3,(H,23,24). The molecule has 0 atom stereocenters. The van der Waals surface area contributed by atoms with Crippen molar-refractivity contribution in [3.8, 4) is 5.69 Å². The topological polar surface area (TPSA) is 109 Å². The van der Waals surface area contributed by atoms with Gasteiger partial charge >= 0.3 is 5.97 Å². The third-order valence-corrected chi connectivity index (χ3v) is 4.62. The van der Waals surface area contributed by atoms with Crippen molar-refractivity contribution in [2.24, 2.45) is 0 Å². The van der Waals surface area contributed by atoms with E-state index in [4.69, 9.17) is 5.11 Å². The molecular weight excluding hydrogens is 324 g/mol. The van der Waals surface area contributed by atoms with Crippen LogP contribution in [0, 0.1) is 13.8 Å². The van der Waals surface area contributed by atoms with E-state index in [-0.39, 0.29) is 37.5 Å². The molecule has 0 spiro atoms. The van der Waals surface area contributed by atoms with Crippen molar-refractivity contribution in [1.82, 2.24) is 19.9 Å². The molecule has 2 aromatic rings. The maximum atomic E-state index is 12.7. The van der Waals surface area contributed by atoms with Crippen molar-refractivity contribution < 1.29 is 19.8 Å². The van der Waals surface area contributed by atoms with Gasteiger partial charge in [0.15, 0.2) is 11.3 Å². The summed E-state index contributed by atoms with van der Waals surface area (Å²) in [5.74, 6) is -1.55. The van der Waals surface area contributed by atoms with Crippen LogP contribution in [-0.2, 0) is 4.79 Å². The van der Waals surface area contributed by atoms with E-state index >= 15 is 0 Å². The van der Waals surface area contributed by atoms with E-state index in [9.17, 15) is 14.7 Å². The molecule has 0 aliphatic carbocycles. The Kier molecular flexibility index (Phi) is 4.30. The predicted octanol–water partition coefficient (Wildman–Crippen LogP) is 0.936. The zero-order valence-corrected chi connectivity index (χ0v) is 14.1. The summed E-state index contributed by atoms with van der Waals surface area (Å²) in [6.45, 7) is 4.07. The van der Waals surface area contributed by atoms with Crippen LogP contribution in [0.1, 0.15) is 34.6 Å². The normalized spacial score (nSPS) is 16.7. The quantitative estimate of drug-likeness (QED) is 0.858. The molecule has 1 aliphatic rings. The zero-order chi connectivity index (χ0) is 18.2. The van der Waals surface area contributed by atoms with Crippen LogP contribution in [0.25, 0.3) is 5.69 Å². The minimum Gasteiger partial charge on any atom is -0.479 e. The molecule has 2 heterocycles. The number of hydrogen-bond donors (Lipinski definition) is 2. The van der Waals surface area contributed by atoms with Crippen LogP contribution in [0.5, 0.6) is 0 Å². The fraction of sp³-hybridized carbons (Fsp3) is 0.412. The van der Waals surface area contributed by atoms with Crippen LogP contribution >= 0.6 is 0 Å². The van der Waals surface area contributed by atoms with Gasteiger partial charge in [-0.3, -0.25) is 4.79 Å². The van der Waals surface area contributed by atoms with E-state index in [1.807, 2.05) is 31.2 Å². The minimum absolute atomic E-state index is 0.000855. The van der Waals surface area contributed by atoms with Crippen molar-refractivity contribution in [3.05, 3.63) is 41.2 Å². The highest BCUT2D eigenvalue weighted by Crippen LogP contribution is 2.24. The SMILES string of the molecule is Cc1cccc(-n2nnc(C(=O)N3CCC(O)(C(=O)O)CC3)c2C)c1. The summed E-state index contributed by atoms with van der Waals surface area (Å²) in [5.41, 5.74) is 0.995. The molecule has 0 radical (unpaired) electrons. The van der Waals surface area contributed by atoms with Crippen molar-refractivity contribution in [2.45, 2.75) is 32.3 Å². The van der Waals surface area contributed by atoms with Crippen molar-refractivity contribution >= 4 is 11.9 Å². The van der Waals surface area contributed by atoms with Crippen LogP contribution in [0.3, 0.4) is 0 Å². The predicted molar refractivity (Wildman–Crippen MR) is 88.6 cm³/mol. The molecule has 1 amide bonds. The Morgan fingerprint density at radius 1 is 1.20 bits per heavy atom. The number of hydrogen-bond acceptors (Lipinski definition) is 5. The van der Waals surface area contributed by atoms with Gasteiger partial charge in [0.1, 0.15) is 0 Å². The molecular formula is C17H20N4O4. The molecule has 1 aliphatic heterocycles. The van der Waals surface area contributed by atoms with Gasteiger partial charge in [-0.25, -0.2) is 9.48 Å². The number of rotatable bonds is 3. The highest BCUT2D eigenvalue weighted by Gasteiger charge is 2.41. The number of aromatic nitrogens is 3. The lowest BCUT2D eigenvalue weighted by Crippen LogP contribution is -2.51. The number of nitrogens with zero attached hydrogens (tertiary/aromatic N) is 4. The fourth-order valence-electron chi connectivity index (χ4n) is 2.98. The second kappa shape index (κ2) is 6.29. The summed E-state index contributed by atoms with van der Waals surface area (Å²) < 4.78 is 1.61. The van der Waals surface area contributed by atoms with E-state index in [2.05, 4.69) is 10.3 Å². The number of aryl methyl sites for hydroxylation is 1. The van der Waals surface area contributed by atoms with E-state index < -0.39 is 11.6 Å². The van der Waals surface area contributed by atoms with Crippen molar-refractivity contribution in [2.75, 3.05) is 13.1 Å². The molecule has 0 unspecified atom stereocenters. The molecule has 8 heteroatoms. The summed E-state index contributed by atoms with van der Waals surface area (Å²) in [7, 11) is 0. The number of amides is 1. The lowest BCUT2D eigenvalue weighted by atomic mass is 9.91. The maximum Gasteiger partial charge on any atom is 0.335 e. The van der Waals surface area contributed by atoms with Gasteiger partial charge in [-0.05, 0) is 31.5 Å². The Balaban J connectivity index is 1.79. The van der Waals surface area contributed by atoms with Gasteiger partial charge in [-0.1, -0.05) is 17.3 Å². The first-order valence-corrected chi connectivity index (χ1v) is 8.06. The first-order valence-electron chi connectivity index (χ1n) is 8.06. The third kappa shape index (κ3) is 3.12. The molecule has 0 bridgehead atoms. The lowest BCUT2D eigenvalue weighted by molar-refractivity contribution is -0.162. The highest BCUT2D eigenvalue weighted by molar-refractivity contribution is 5.93. The van der Waals surface area contributed by atoms with E-state index in [0.717, 1.165) is 11.3 Å². The van der Waals surface area contributed by atoms with Crippen LogP contribution in [0.2, 0.25) is 0 Å².